The number of imidazole rings is 1. The van der Waals surface area contributed by atoms with E-state index < -0.39 is 0 Å². The van der Waals surface area contributed by atoms with Crippen molar-refractivity contribution >= 4 is 11.2 Å². The molecule has 33 heavy (non-hydrogen) atoms. The highest BCUT2D eigenvalue weighted by molar-refractivity contribution is 5.89. The van der Waals surface area contributed by atoms with E-state index in [1.165, 1.54) is 17.7 Å². The number of fused-ring (bicyclic) bond motifs is 2. The van der Waals surface area contributed by atoms with E-state index in [2.05, 4.69) is 31.9 Å². The van der Waals surface area contributed by atoms with Gasteiger partial charge >= 0.3 is 0 Å². The first-order chi connectivity index (χ1) is 16.2. The van der Waals surface area contributed by atoms with E-state index in [0.29, 0.717) is 23.5 Å². The van der Waals surface area contributed by atoms with Crippen LogP contribution in [0.3, 0.4) is 0 Å². The third-order valence-electron chi connectivity index (χ3n) is 7.03. The first-order valence-electron chi connectivity index (χ1n) is 11.3. The Morgan fingerprint density at radius 2 is 2.03 bits per heavy atom. The second-order valence-electron chi connectivity index (χ2n) is 8.89. The Balaban J connectivity index is 1.32. The van der Waals surface area contributed by atoms with Gasteiger partial charge in [0.1, 0.15) is 17.4 Å². The van der Waals surface area contributed by atoms with Crippen LogP contribution in [0.4, 0.5) is 4.39 Å². The molecule has 2 aliphatic rings. The van der Waals surface area contributed by atoms with Crippen LogP contribution in [-0.2, 0) is 0 Å². The second kappa shape index (κ2) is 8.20. The number of hydrogen-bond acceptors (Lipinski definition) is 6. The molecular formula is C25H25FN6O. The number of methoxy groups -OCH3 is 1. The van der Waals surface area contributed by atoms with Crippen molar-refractivity contribution in [3.05, 3.63) is 72.2 Å². The molecule has 0 bridgehead atoms. The molecule has 8 heteroatoms. The minimum atomic E-state index is -0.262. The van der Waals surface area contributed by atoms with Gasteiger partial charge < -0.3 is 9.72 Å². The number of ether oxygens (including phenoxy) is 1. The fourth-order valence-electron chi connectivity index (χ4n) is 5.37. The van der Waals surface area contributed by atoms with Gasteiger partial charge in [-0.1, -0.05) is 12.1 Å². The summed E-state index contributed by atoms with van der Waals surface area (Å²) in [5.74, 6) is 2.17. The van der Waals surface area contributed by atoms with Gasteiger partial charge in [0.05, 0.1) is 24.9 Å². The average Bonchev–Trinajstić information content (AvgIpc) is 3.47. The monoisotopic (exact) mass is 444 g/mol. The van der Waals surface area contributed by atoms with Gasteiger partial charge in [-0.2, -0.15) is 0 Å². The lowest BCUT2D eigenvalue weighted by Gasteiger charge is -2.32. The number of hydrogen-bond donors (Lipinski definition) is 3. The van der Waals surface area contributed by atoms with Crippen molar-refractivity contribution in [1.82, 2.24) is 30.8 Å². The van der Waals surface area contributed by atoms with Crippen LogP contribution in [0.5, 0.6) is 5.75 Å². The summed E-state index contributed by atoms with van der Waals surface area (Å²) in [5.41, 5.74) is 11.3. The average molecular weight is 445 g/mol. The van der Waals surface area contributed by atoms with E-state index in [1.807, 2.05) is 18.3 Å². The number of halogens is 1. The first-order valence-corrected chi connectivity index (χ1v) is 11.3. The highest BCUT2D eigenvalue weighted by Gasteiger charge is 2.42. The fraction of sp³-hybridized carbons (Fsp3) is 0.320. The minimum Gasteiger partial charge on any atom is -0.495 e. The van der Waals surface area contributed by atoms with Gasteiger partial charge in [-0.15, -0.1) is 0 Å². The van der Waals surface area contributed by atoms with E-state index in [9.17, 15) is 4.39 Å². The molecule has 0 amide bonds. The van der Waals surface area contributed by atoms with Crippen LogP contribution >= 0.6 is 0 Å². The molecule has 1 saturated heterocycles. The Labute approximate surface area is 190 Å². The first kappa shape index (κ1) is 20.3. The maximum absolute atomic E-state index is 13.8. The van der Waals surface area contributed by atoms with Gasteiger partial charge in [-0.25, -0.2) is 19.8 Å². The van der Waals surface area contributed by atoms with Crippen molar-refractivity contribution in [1.29, 1.82) is 0 Å². The van der Waals surface area contributed by atoms with Gasteiger partial charge in [0.25, 0.3) is 0 Å². The number of nitrogens with one attached hydrogen (secondary N) is 3. The lowest BCUT2D eigenvalue weighted by molar-refractivity contribution is 0.274. The molecule has 4 atom stereocenters. The van der Waals surface area contributed by atoms with Crippen LogP contribution in [-0.4, -0.2) is 33.1 Å². The third kappa shape index (κ3) is 3.65. The second-order valence-corrected chi connectivity index (χ2v) is 8.89. The molecule has 1 aliphatic heterocycles. The van der Waals surface area contributed by atoms with Crippen LogP contribution < -0.4 is 15.6 Å². The molecule has 168 valence electrons. The fourth-order valence-corrected chi connectivity index (χ4v) is 5.37. The van der Waals surface area contributed by atoms with Gasteiger partial charge in [0.15, 0.2) is 5.65 Å². The van der Waals surface area contributed by atoms with Crippen molar-refractivity contribution in [3.63, 3.8) is 0 Å². The molecule has 3 aromatic heterocycles. The number of nitrogens with zero attached hydrogens (tertiary/aromatic N) is 3. The quantitative estimate of drug-likeness (QED) is 0.436. The highest BCUT2D eigenvalue weighted by Crippen LogP contribution is 2.44. The lowest BCUT2D eigenvalue weighted by atomic mass is 9.73. The van der Waals surface area contributed by atoms with E-state index in [0.717, 1.165) is 47.5 Å². The topological polar surface area (TPSA) is 87.8 Å². The minimum absolute atomic E-state index is 0.0333. The molecule has 3 N–H and O–H groups in total. The molecular weight excluding hydrogens is 419 g/mol. The maximum atomic E-state index is 13.8. The predicted molar refractivity (Wildman–Crippen MR) is 123 cm³/mol. The number of aromatic nitrogens is 4. The Bertz CT molecular complexity index is 1310. The highest BCUT2D eigenvalue weighted by atomic mass is 19.1. The van der Waals surface area contributed by atoms with E-state index in [1.54, 1.807) is 25.6 Å². The molecule has 4 aromatic rings. The van der Waals surface area contributed by atoms with Crippen molar-refractivity contribution in [2.24, 2.45) is 5.92 Å². The van der Waals surface area contributed by atoms with Gasteiger partial charge in [-0.05, 0) is 66.5 Å². The molecule has 6 rings (SSSR count). The molecule has 2 fully saturated rings. The Hall–Kier alpha value is -3.36. The molecule has 4 heterocycles. The molecule has 0 spiro atoms. The maximum Gasteiger partial charge on any atom is 0.178 e. The zero-order valence-electron chi connectivity index (χ0n) is 18.3. The predicted octanol–water partition coefficient (Wildman–Crippen LogP) is 4.27. The molecule has 1 aliphatic carbocycles. The van der Waals surface area contributed by atoms with Crippen LogP contribution in [0.2, 0.25) is 0 Å². The summed E-state index contributed by atoms with van der Waals surface area (Å²) in [6.45, 7) is 0. The molecule has 1 aromatic carbocycles. The van der Waals surface area contributed by atoms with Gasteiger partial charge in [0, 0.05) is 24.0 Å². The van der Waals surface area contributed by atoms with E-state index in [4.69, 9.17) is 9.72 Å². The molecule has 1 saturated carbocycles. The van der Waals surface area contributed by atoms with Crippen LogP contribution in [0.25, 0.3) is 22.3 Å². The normalized spacial score (nSPS) is 24.7. The summed E-state index contributed by atoms with van der Waals surface area (Å²) in [7, 11) is 1.67. The van der Waals surface area contributed by atoms with E-state index >= 15 is 0 Å². The number of hydrazine groups is 1. The summed E-state index contributed by atoms with van der Waals surface area (Å²) in [6.07, 6.45) is 8.61. The standard InChI is InChI=1S/C25H25FN6O/c1-33-18-10-16(12-27-13-18)14-5-6-21-20(11-14)23(32-31-21)25-29-22-19(7-8-28-24(22)30-25)15-3-2-4-17(26)9-15/h2-4,7-10,12-14,20-21,23,31-32H,5-6,11H2,1H3,(H,28,29,30). The zero-order chi connectivity index (χ0) is 22.4. The van der Waals surface area contributed by atoms with Crippen molar-refractivity contribution in [2.75, 3.05) is 7.11 Å². The number of benzene rings is 1. The van der Waals surface area contributed by atoms with Crippen LogP contribution in [0, 0.1) is 11.7 Å². The summed E-state index contributed by atoms with van der Waals surface area (Å²) in [5, 5.41) is 0. The van der Waals surface area contributed by atoms with Gasteiger partial charge in [-0.3, -0.25) is 10.4 Å². The van der Waals surface area contributed by atoms with Crippen LogP contribution in [0.1, 0.15) is 42.6 Å². The molecule has 4 unspecified atom stereocenters. The summed E-state index contributed by atoms with van der Waals surface area (Å²) < 4.78 is 19.2. The SMILES string of the molecule is COc1cncc(C2CCC3NNC(c4nc5nccc(-c6cccc(F)c6)c5[nH]4)C3C2)c1. The van der Waals surface area contributed by atoms with Crippen molar-refractivity contribution in [2.45, 2.75) is 37.3 Å². The Morgan fingerprint density at radius 3 is 2.91 bits per heavy atom. The van der Waals surface area contributed by atoms with Crippen LogP contribution in [0.15, 0.2) is 55.0 Å². The summed E-state index contributed by atoms with van der Waals surface area (Å²) >= 11 is 0. The number of H-pyrrole nitrogens is 1. The number of aromatic amines is 1. The third-order valence-corrected chi connectivity index (χ3v) is 7.03. The van der Waals surface area contributed by atoms with Crippen molar-refractivity contribution in [3.8, 4) is 16.9 Å². The van der Waals surface area contributed by atoms with E-state index in [-0.39, 0.29) is 11.9 Å². The largest absolute Gasteiger partial charge is 0.495 e. The Morgan fingerprint density at radius 1 is 1.09 bits per heavy atom. The zero-order valence-corrected chi connectivity index (χ0v) is 18.3. The lowest BCUT2D eigenvalue weighted by Crippen LogP contribution is -2.34. The Kier molecular flexibility index (Phi) is 5.04. The smallest absolute Gasteiger partial charge is 0.178 e. The van der Waals surface area contributed by atoms with Crippen molar-refractivity contribution < 1.29 is 9.13 Å². The van der Waals surface area contributed by atoms with Gasteiger partial charge in [0.2, 0.25) is 0 Å². The summed E-state index contributed by atoms with van der Waals surface area (Å²) in [4.78, 5) is 17.1. The summed E-state index contributed by atoms with van der Waals surface area (Å²) in [6, 6.07) is 11.0. The number of rotatable bonds is 4. The molecule has 0 radical (unpaired) electrons. The number of pyridine rings is 2. The molecule has 7 nitrogen and oxygen atoms in total.